The third-order valence-electron chi connectivity index (χ3n) is 2.40. The van der Waals surface area contributed by atoms with Gasteiger partial charge in [-0.3, -0.25) is 0 Å². The summed E-state index contributed by atoms with van der Waals surface area (Å²) >= 11 is 0. The Labute approximate surface area is 86.9 Å². The van der Waals surface area contributed by atoms with Gasteiger partial charge in [0.1, 0.15) is 0 Å². The van der Waals surface area contributed by atoms with E-state index in [0.717, 1.165) is 13.1 Å². The van der Waals surface area contributed by atoms with Crippen LogP contribution >= 0.6 is 0 Å². The molecule has 0 aromatic heterocycles. The Hall–Kier alpha value is -0.860. The lowest BCUT2D eigenvalue weighted by Crippen LogP contribution is -2.30. The summed E-state index contributed by atoms with van der Waals surface area (Å²) in [5.74, 6) is 0. The van der Waals surface area contributed by atoms with Crippen LogP contribution in [0.1, 0.15) is 18.5 Å². The molecule has 0 saturated carbocycles. The molecule has 2 heteroatoms. The van der Waals surface area contributed by atoms with Gasteiger partial charge in [-0.1, -0.05) is 37.3 Å². The maximum Gasteiger partial charge on any atom is 0.0466 e. The van der Waals surface area contributed by atoms with Gasteiger partial charge in [-0.25, -0.2) is 0 Å². The second-order valence-corrected chi connectivity index (χ2v) is 3.70. The summed E-state index contributed by atoms with van der Waals surface area (Å²) < 4.78 is 0. The van der Waals surface area contributed by atoms with Gasteiger partial charge in [-0.05, 0) is 26.2 Å². The maximum absolute atomic E-state index is 3.39. The molecule has 0 amide bonds. The highest BCUT2D eigenvalue weighted by Gasteiger charge is 2.11. The Morgan fingerprint density at radius 1 is 1.21 bits per heavy atom. The van der Waals surface area contributed by atoms with E-state index in [0.29, 0.717) is 6.04 Å². The molecule has 2 nitrogen and oxygen atoms in total. The van der Waals surface area contributed by atoms with Crippen LogP contribution in [0, 0.1) is 0 Å². The quantitative estimate of drug-likeness (QED) is 0.766. The SMILES string of the molecule is CCNCC(c1ccccc1)N(C)C. The lowest BCUT2D eigenvalue weighted by molar-refractivity contribution is 0.290. The third kappa shape index (κ3) is 3.13. The molecule has 0 bridgehead atoms. The summed E-state index contributed by atoms with van der Waals surface area (Å²) in [5.41, 5.74) is 1.37. The van der Waals surface area contributed by atoms with Crippen molar-refractivity contribution in [3.63, 3.8) is 0 Å². The van der Waals surface area contributed by atoms with Gasteiger partial charge in [-0.15, -0.1) is 0 Å². The molecule has 0 heterocycles. The zero-order valence-electron chi connectivity index (χ0n) is 9.33. The van der Waals surface area contributed by atoms with Crippen molar-refractivity contribution < 1.29 is 0 Å². The van der Waals surface area contributed by atoms with E-state index in [1.165, 1.54) is 5.56 Å². The van der Waals surface area contributed by atoms with E-state index in [1.54, 1.807) is 0 Å². The highest BCUT2D eigenvalue weighted by molar-refractivity contribution is 5.19. The molecular weight excluding hydrogens is 172 g/mol. The lowest BCUT2D eigenvalue weighted by Gasteiger charge is -2.24. The molecule has 1 N–H and O–H groups in total. The topological polar surface area (TPSA) is 15.3 Å². The van der Waals surface area contributed by atoms with Gasteiger partial charge in [-0.2, -0.15) is 0 Å². The smallest absolute Gasteiger partial charge is 0.0466 e. The number of hydrogen-bond donors (Lipinski definition) is 1. The first-order valence-electron chi connectivity index (χ1n) is 5.17. The van der Waals surface area contributed by atoms with E-state index in [1.807, 2.05) is 0 Å². The van der Waals surface area contributed by atoms with Crippen LogP contribution in [0.3, 0.4) is 0 Å². The first-order chi connectivity index (χ1) is 6.75. The van der Waals surface area contributed by atoms with Crippen molar-refractivity contribution >= 4 is 0 Å². The van der Waals surface area contributed by atoms with Crippen molar-refractivity contribution in [2.24, 2.45) is 0 Å². The van der Waals surface area contributed by atoms with E-state index in [2.05, 4.69) is 61.6 Å². The Morgan fingerprint density at radius 3 is 2.36 bits per heavy atom. The van der Waals surface area contributed by atoms with E-state index >= 15 is 0 Å². The monoisotopic (exact) mass is 192 g/mol. The Bertz CT molecular complexity index is 244. The predicted molar refractivity (Wildman–Crippen MR) is 61.4 cm³/mol. The molecule has 1 aromatic rings. The minimum absolute atomic E-state index is 0.469. The highest BCUT2D eigenvalue weighted by Crippen LogP contribution is 2.16. The number of nitrogens with zero attached hydrogens (tertiary/aromatic N) is 1. The number of rotatable bonds is 5. The van der Waals surface area contributed by atoms with Gasteiger partial charge in [0.2, 0.25) is 0 Å². The summed E-state index contributed by atoms with van der Waals surface area (Å²) in [7, 11) is 4.24. The molecule has 0 spiro atoms. The molecule has 14 heavy (non-hydrogen) atoms. The summed E-state index contributed by atoms with van der Waals surface area (Å²) in [6.45, 7) is 4.17. The molecule has 0 radical (unpaired) electrons. The van der Waals surface area contributed by atoms with Crippen LogP contribution in [-0.2, 0) is 0 Å². The van der Waals surface area contributed by atoms with Crippen molar-refractivity contribution in [2.45, 2.75) is 13.0 Å². The summed E-state index contributed by atoms with van der Waals surface area (Å²) in [6.07, 6.45) is 0. The summed E-state index contributed by atoms with van der Waals surface area (Å²) in [5, 5.41) is 3.39. The largest absolute Gasteiger partial charge is 0.315 e. The van der Waals surface area contributed by atoms with E-state index in [-0.39, 0.29) is 0 Å². The van der Waals surface area contributed by atoms with Crippen LogP contribution in [0.2, 0.25) is 0 Å². The fraction of sp³-hybridized carbons (Fsp3) is 0.500. The molecule has 0 aliphatic heterocycles. The number of hydrogen-bond acceptors (Lipinski definition) is 2. The average Bonchev–Trinajstić information content (AvgIpc) is 2.19. The zero-order valence-corrected chi connectivity index (χ0v) is 9.33. The lowest BCUT2D eigenvalue weighted by atomic mass is 10.1. The van der Waals surface area contributed by atoms with Crippen LogP contribution in [0.15, 0.2) is 30.3 Å². The Kier molecular flexibility index (Phi) is 4.63. The third-order valence-corrected chi connectivity index (χ3v) is 2.40. The minimum Gasteiger partial charge on any atom is -0.315 e. The summed E-state index contributed by atoms with van der Waals surface area (Å²) in [4.78, 5) is 2.25. The Morgan fingerprint density at radius 2 is 1.86 bits per heavy atom. The predicted octanol–water partition coefficient (Wildman–Crippen LogP) is 1.90. The second-order valence-electron chi connectivity index (χ2n) is 3.70. The number of likely N-dealkylation sites (N-methyl/N-ethyl adjacent to an activating group) is 2. The molecule has 78 valence electrons. The van der Waals surface area contributed by atoms with Gasteiger partial charge in [0.15, 0.2) is 0 Å². The number of nitrogens with one attached hydrogen (secondary N) is 1. The van der Waals surface area contributed by atoms with Crippen LogP contribution in [0.25, 0.3) is 0 Å². The van der Waals surface area contributed by atoms with E-state index in [9.17, 15) is 0 Å². The zero-order chi connectivity index (χ0) is 10.4. The molecule has 0 fully saturated rings. The van der Waals surface area contributed by atoms with Crippen LogP contribution < -0.4 is 5.32 Å². The molecule has 1 unspecified atom stereocenters. The minimum atomic E-state index is 0.469. The fourth-order valence-electron chi connectivity index (χ4n) is 1.55. The summed E-state index contributed by atoms with van der Waals surface area (Å²) in [6, 6.07) is 11.1. The highest BCUT2D eigenvalue weighted by atomic mass is 15.1. The van der Waals surface area contributed by atoms with Crippen molar-refractivity contribution in [3.8, 4) is 0 Å². The van der Waals surface area contributed by atoms with Gasteiger partial charge >= 0.3 is 0 Å². The van der Waals surface area contributed by atoms with Crippen molar-refractivity contribution in [1.29, 1.82) is 0 Å². The fourth-order valence-corrected chi connectivity index (χ4v) is 1.55. The van der Waals surface area contributed by atoms with Gasteiger partial charge in [0.25, 0.3) is 0 Å². The molecular formula is C12H20N2. The number of benzene rings is 1. The standard InChI is InChI=1S/C12H20N2/c1-4-13-10-12(14(2)3)11-8-6-5-7-9-11/h5-9,12-13H,4,10H2,1-3H3. The normalized spacial score (nSPS) is 13.1. The van der Waals surface area contributed by atoms with Crippen molar-refractivity contribution in [1.82, 2.24) is 10.2 Å². The van der Waals surface area contributed by atoms with Crippen LogP contribution in [0.5, 0.6) is 0 Å². The van der Waals surface area contributed by atoms with Gasteiger partial charge in [0.05, 0.1) is 0 Å². The average molecular weight is 192 g/mol. The first kappa shape index (κ1) is 11.2. The molecule has 1 atom stereocenters. The Balaban J connectivity index is 2.68. The molecule has 0 aliphatic rings. The first-order valence-corrected chi connectivity index (χ1v) is 5.17. The van der Waals surface area contributed by atoms with E-state index < -0.39 is 0 Å². The molecule has 1 rings (SSSR count). The van der Waals surface area contributed by atoms with Gasteiger partial charge in [0, 0.05) is 12.6 Å². The van der Waals surface area contributed by atoms with Crippen molar-refractivity contribution in [2.75, 3.05) is 27.2 Å². The van der Waals surface area contributed by atoms with Crippen molar-refractivity contribution in [3.05, 3.63) is 35.9 Å². The van der Waals surface area contributed by atoms with Crippen LogP contribution in [-0.4, -0.2) is 32.1 Å². The van der Waals surface area contributed by atoms with Crippen LogP contribution in [0.4, 0.5) is 0 Å². The second kappa shape index (κ2) is 5.78. The molecule has 0 aliphatic carbocycles. The molecule has 0 saturated heterocycles. The maximum atomic E-state index is 3.39. The van der Waals surface area contributed by atoms with E-state index in [4.69, 9.17) is 0 Å². The van der Waals surface area contributed by atoms with Gasteiger partial charge < -0.3 is 10.2 Å². The molecule has 1 aromatic carbocycles.